The van der Waals surface area contributed by atoms with Crippen LogP contribution in [-0.4, -0.2) is 43.7 Å². The molecule has 1 aliphatic rings. The molecule has 6 nitrogen and oxygen atoms in total. The normalized spacial score (nSPS) is 21.0. The van der Waals surface area contributed by atoms with Crippen molar-refractivity contribution in [3.8, 4) is 0 Å². The molecule has 27 heavy (non-hydrogen) atoms. The van der Waals surface area contributed by atoms with Crippen molar-refractivity contribution >= 4 is 16.2 Å². The minimum Gasteiger partial charge on any atom is -0.444 e. The predicted molar refractivity (Wildman–Crippen MR) is 104 cm³/mol. The second-order valence-electron chi connectivity index (χ2n) is 7.83. The first-order valence-corrected chi connectivity index (χ1v) is 10.5. The van der Waals surface area contributed by atoms with E-state index in [4.69, 9.17) is 8.92 Å². The summed E-state index contributed by atoms with van der Waals surface area (Å²) in [6.45, 7) is 11.0. The van der Waals surface area contributed by atoms with E-state index in [0.29, 0.717) is 6.42 Å². The fraction of sp³-hybridized carbons (Fsp3) is 0.550. The van der Waals surface area contributed by atoms with E-state index >= 15 is 0 Å². The van der Waals surface area contributed by atoms with Gasteiger partial charge in [0.1, 0.15) is 5.60 Å². The Morgan fingerprint density at radius 1 is 1.26 bits per heavy atom. The van der Waals surface area contributed by atoms with E-state index in [0.717, 1.165) is 18.4 Å². The van der Waals surface area contributed by atoms with Crippen LogP contribution in [0.3, 0.4) is 0 Å². The first-order valence-electron chi connectivity index (χ1n) is 9.13. The molecular weight excluding hydrogens is 366 g/mol. The predicted octanol–water partition coefficient (Wildman–Crippen LogP) is 4.04. The molecule has 1 fully saturated rings. The van der Waals surface area contributed by atoms with Crippen molar-refractivity contribution in [3.05, 3.63) is 42.5 Å². The summed E-state index contributed by atoms with van der Waals surface area (Å²) in [6.07, 6.45) is 3.49. The number of carbonyl (C=O) groups is 1. The summed E-state index contributed by atoms with van der Waals surface area (Å²) < 4.78 is 35.7. The summed E-state index contributed by atoms with van der Waals surface area (Å²) in [5, 5.41) is 0. The van der Waals surface area contributed by atoms with Crippen LogP contribution in [-0.2, 0) is 19.0 Å². The Hall–Kier alpha value is -1.86. The number of benzene rings is 1. The van der Waals surface area contributed by atoms with Gasteiger partial charge in [0, 0.05) is 0 Å². The van der Waals surface area contributed by atoms with Gasteiger partial charge in [-0.3, -0.25) is 9.08 Å². The molecule has 0 radical (unpaired) electrons. The topological polar surface area (TPSA) is 72.9 Å². The molecule has 0 bridgehead atoms. The fourth-order valence-electron chi connectivity index (χ4n) is 3.05. The van der Waals surface area contributed by atoms with E-state index in [1.165, 1.54) is 12.1 Å². The molecule has 0 N–H and O–H groups in total. The Morgan fingerprint density at radius 3 is 2.44 bits per heavy atom. The molecule has 1 aromatic rings. The molecule has 1 heterocycles. The maximum absolute atomic E-state index is 12.7. The first kappa shape index (κ1) is 21.4. The summed E-state index contributed by atoms with van der Waals surface area (Å²) in [6, 6.07) is 5.88. The smallest absolute Gasteiger partial charge is 0.411 e. The minimum absolute atomic E-state index is 0.105. The highest BCUT2D eigenvalue weighted by molar-refractivity contribution is 7.86. The van der Waals surface area contributed by atoms with E-state index in [-0.39, 0.29) is 17.5 Å². The summed E-state index contributed by atoms with van der Waals surface area (Å²) in [5.41, 5.74) is 0.325. The molecule has 0 aliphatic carbocycles. The Labute approximate surface area is 162 Å². The minimum atomic E-state index is -3.89. The van der Waals surface area contributed by atoms with E-state index in [1.54, 1.807) is 43.9 Å². The van der Waals surface area contributed by atoms with Gasteiger partial charge < -0.3 is 4.74 Å². The van der Waals surface area contributed by atoms with Crippen LogP contribution in [0.2, 0.25) is 0 Å². The van der Waals surface area contributed by atoms with Gasteiger partial charge in [-0.25, -0.2) is 4.79 Å². The first-order chi connectivity index (χ1) is 12.5. The van der Waals surface area contributed by atoms with Crippen molar-refractivity contribution in [2.24, 2.45) is 0 Å². The molecule has 1 aliphatic heterocycles. The van der Waals surface area contributed by atoms with Gasteiger partial charge in [-0.2, -0.15) is 8.42 Å². The van der Waals surface area contributed by atoms with Crippen molar-refractivity contribution in [1.29, 1.82) is 0 Å². The van der Waals surface area contributed by atoms with Crippen LogP contribution in [0.25, 0.3) is 0 Å². The van der Waals surface area contributed by atoms with Crippen molar-refractivity contribution in [2.45, 2.75) is 69.5 Å². The van der Waals surface area contributed by atoms with Gasteiger partial charge in [0.25, 0.3) is 10.1 Å². The number of piperidine rings is 1. The molecule has 0 saturated carbocycles. The number of aryl methyl sites for hydroxylation is 1. The molecule has 2 unspecified atom stereocenters. The highest BCUT2D eigenvalue weighted by atomic mass is 32.2. The Kier molecular flexibility index (Phi) is 6.70. The molecular formula is C20H29NO5S. The molecule has 1 aromatic carbocycles. The zero-order valence-corrected chi connectivity index (χ0v) is 17.3. The van der Waals surface area contributed by atoms with Gasteiger partial charge in [0.2, 0.25) is 0 Å². The average Bonchev–Trinajstić information content (AvgIpc) is 2.58. The summed E-state index contributed by atoms with van der Waals surface area (Å²) in [7, 11) is -3.89. The second kappa shape index (κ2) is 8.44. The van der Waals surface area contributed by atoms with E-state index in [2.05, 4.69) is 6.58 Å². The Morgan fingerprint density at radius 2 is 1.89 bits per heavy atom. The van der Waals surface area contributed by atoms with Crippen LogP contribution >= 0.6 is 0 Å². The van der Waals surface area contributed by atoms with Gasteiger partial charge in [-0.05, 0) is 59.1 Å². The van der Waals surface area contributed by atoms with E-state index in [1.807, 2.05) is 6.92 Å². The number of amides is 1. The van der Waals surface area contributed by atoms with Crippen LogP contribution in [0.1, 0.15) is 45.6 Å². The maximum atomic E-state index is 12.7. The standard InChI is InChI=1S/C20H29NO5S/c1-6-16-8-7-9-17(21(16)19(22)26-20(3,4)5)14-25-27(23,24)18-12-10-15(2)11-13-18/h6,10-13,16-17H,1,7-9,14H2,2-5H3. The van der Waals surface area contributed by atoms with Gasteiger partial charge in [0.15, 0.2) is 0 Å². The highest BCUT2D eigenvalue weighted by Gasteiger charge is 2.36. The summed E-state index contributed by atoms with van der Waals surface area (Å²) in [4.78, 5) is 14.3. The lowest BCUT2D eigenvalue weighted by molar-refractivity contribution is -0.00562. The third-order valence-electron chi connectivity index (χ3n) is 4.39. The number of hydrogen-bond donors (Lipinski definition) is 0. The van der Waals surface area contributed by atoms with Gasteiger partial charge in [-0.15, -0.1) is 6.58 Å². The van der Waals surface area contributed by atoms with E-state index in [9.17, 15) is 13.2 Å². The molecule has 2 atom stereocenters. The number of nitrogens with zero attached hydrogens (tertiary/aromatic N) is 1. The molecule has 1 saturated heterocycles. The Bertz CT molecular complexity index is 765. The lowest BCUT2D eigenvalue weighted by Gasteiger charge is -2.41. The monoisotopic (exact) mass is 395 g/mol. The van der Waals surface area contributed by atoms with Crippen molar-refractivity contribution < 1.29 is 22.1 Å². The third kappa shape index (κ3) is 5.81. The lowest BCUT2D eigenvalue weighted by Crippen LogP contribution is -2.52. The van der Waals surface area contributed by atoms with Crippen molar-refractivity contribution in [1.82, 2.24) is 4.90 Å². The van der Waals surface area contributed by atoms with Gasteiger partial charge in [0.05, 0.1) is 23.6 Å². The van der Waals surface area contributed by atoms with Crippen LogP contribution in [0.4, 0.5) is 4.79 Å². The molecule has 150 valence electrons. The van der Waals surface area contributed by atoms with Crippen LogP contribution < -0.4 is 0 Å². The molecule has 1 amide bonds. The zero-order chi connectivity index (χ0) is 20.2. The van der Waals surface area contributed by atoms with Gasteiger partial charge >= 0.3 is 6.09 Å². The summed E-state index contributed by atoms with van der Waals surface area (Å²) >= 11 is 0. The highest BCUT2D eigenvalue weighted by Crippen LogP contribution is 2.27. The van der Waals surface area contributed by atoms with Crippen molar-refractivity contribution in [3.63, 3.8) is 0 Å². The quantitative estimate of drug-likeness (QED) is 0.556. The van der Waals surface area contributed by atoms with Crippen LogP contribution in [0, 0.1) is 6.92 Å². The number of likely N-dealkylation sites (tertiary alicyclic amines) is 1. The number of rotatable bonds is 5. The number of hydrogen-bond acceptors (Lipinski definition) is 5. The van der Waals surface area contributed by atoms with Crippen LogP contribution in [0.15, 0.2) is 41.8 Å². The maximum Gasteiger partial charge on any atom is 0.411 e. The largest absolute Gasteiger partial charge is 0.444 e. The number of carbonyl (C=O) groups excluding carboxylic acids is 1. The third-order valence-corrected chi connectivity index (χ3v) is 5.69. The molecule has 2 rings (SSSR count). The number of ether oxygens (including phenoxy) is 1. The second-order valence-corrected chi connectivity index (χ2v) is 9.44. The van der Waals surface area contributed by atoms with Crippen LogP contribution in [0.5, 0.6) is 0 Å². The lowest BCUT2D eigenvalue weighted by atomic mass is 9.96. The Balaban J connectivity index is 2.15. The fourth-order valence-corrected chi connectivity index (χ4v) is 3.99. The average molecular weight is 396 g/mol. The molecule has 7 heteroatoms. The zero-order valence-electron chi connectivity index (χ0n) is 16.5. The summed E-state index contributed by atoms with van der Waals surface area (Å²) in [5.74, 6) is 0. The molecule has 0 spiro atoms. The SMILES string of the molecule is C=CC1CCCC(COS(=O)(=O)c2ccc(C)cc2)N1C(=O)OC(C)(C)C. The van der Waals surface area contributed by atoms with Crippen molar-refractivity contribution in [2.75, 3.05) is 6.61 Å². The van der Waals surface area contributed by atoms with Gasteiger partial charge in [-0.1, -0.05) is 23.8 Å². The molecule has 0 aromatic heterocycles. The van der Waals surface area contributed by atoms with E-state index < -0.39 is 27.9 Å².